The Morgan fingerprint density at radius 2 is 2.12 bits per heavy atom. The van der Waals surface area contributed by atoms with Crippen molar-refractivity contribution < 1.29 is 4.74 Å². The van der Waals surface area contributed by atoms with Gasteiger partial charge in [-0.15, -0.1) is 0 Å². The summed E-state index contributed by atoms with van der Waals surface area (Å²) in [5.41, 5.74) is 2.33. The molecule has 0 amide bonds. The van der Waals surface area contributed by atoms with Gasteiger partial charge in [-0.1, -0.05) is 26.0 Å². The van der Waals surface area contributed by atoms with E-state index in [0.717, 1.165) is 0 Å². The van der Waals surface area contributed by atoms with Gasteiger partial charge in [0.25, 0.3) is 0 Å². The number of ether oxygens (including phenoxy) is 1. The molecular weight excluding hydrogens is 196 g/mol. The van der Waals surface area contributed by atoms with Crippen molar-refractivity contribution in [3.05, 3.63) is 24.0 Å². The monoisotopic (exact) mass is 220 g/mol. The van der Waals surface area contributed by atoms with Crippen molar-refractivity contribution in [3.63, 3.8) is 0 Å². The second-order valence-corrected chi connectivity index (χ2v) is 6.02. The quantitative estimate of drug-likeness (QED) is 0.468. The molecule has 16 heavy (non-hydrogen) atoms. The second kappa shape index (κ2) is 4.27. The van der Waals surface area contributed by atoms with Gasteiger partial charge in [-0.2, -0.15) is 0 Å². The smallest absolute Gasteiger partial charge is 0.0816 e. The molecule has 1 nitrogen and oxygen atoms in total. The predicted octanol–water partition coefficient (Wildman–Crippen LogP) is 4.45. The number of rotatable bonds is 1. The van der Waals surface area contributed by atoms with Crippen LogP contribution in [-0.4, -0.2) is 7.11 Å². The van der Waals surface area contributed by atoms with Gasteiger partial charge in [0, 0.05) is 0 Å². The lowest BCUT2D eigenvalue weighted by molar-refractivity contribution is 0.0754. The van der Waals surface area contributed by atoms with Gasteiger partial charge in [0.1, 0.15) is 0 Å². The minimum Gasteiger partial charge on any atom is -0.504 e. The molecule has 0 aliphatic heterocycles. The third-order valence-corrected chi connectivity index (χ3v) is 4.67. The van der Waals surface area contributed by atoms with Gasteiger partial charge in [0.05, 0.1) is 13.4 Å². The van der Waals surface area contributed by atoms with E-state index >= 15 is 0 Å². The van der Waals surface area contributed by atoms with Crippen molar-refractivity contribution in [3.8, 4) is 0 Å². The molecule has 0 aromatic carbocycles. The number of allylic oxidation sites excluding steroid dienone is 3. The first-order valence-electron chi connectivity index (χ1n) is 6.48. The summed E-state index contributed by atoms with van der Waals surface area (Å²) in [5.74, 6) is 0. The topological polar surface area (TPSA) is 9.23 Å². The molecule has 0 aromatic rings. The lowest BCUT2D eigenvalue weighted by Crippen LogP contribution is -2.40. The lowest BCUT2D eigenvalue weighted by atomic mass is 9.54. The summed E-state index contributed by atoms with van der Waals surface area (Å²) >= 11 is 0. The van der Waals surface area contributed by atoms with Gasteiger partial charge in [0.15, 0.2) is 0 Å². The van der Waals surface area contributed by atoms with E-state index in [2.05, 4.69) is 26.0 Å². The van der Waals surface area contributed by atoms with Crippen molar-refractivity contribution in [1.29, 1.82) is 0 Å². The summed E-state index contributed by atoms with van der Waals surface area (Å²) in [7, 11) is 1.76. The fourth-order valence-electron chi connectivity index (χ4n) is 3.43. The Morgan fingerprint density at radius 3 is 2.81 bits per heavy atom. The second-order valence-electron chi connectivity index (χ2n) is 6.02. The highest BCUT2D eigenvalue weighted by Crippen LogP contribution is 2.56. The van der Waals surface area contributed by atoms with Gasteiger partial charge < -0.3 is 4.74 Å². The van der Waals surface area contributed by atoms with Crippen LogP contribution in [0.5, 0.6) is 0 Å². The van der Waals surface area contributed by atoms with Crippen LogP contribution in [0, 0.1) is 10.8 Å². The molecule has 0 saturated heterocycles. The van der Waals surface area contributed by atoms with Crippen LogP contribution in [0.1, 0.15) is 52.4 Å². The van der Waals surface area contributed by atoms with E-state index in [9.17, 15) is 0 Å². The van der Waals surface area contributed by atoms with Crippen LogP contribution in [-0.2, 0) is 4.74 Å². The molecular formula is C15H24O. The molecule has 0 bridgehead atoms. The van der Waals surface area contributed by atoms with Crippen LogP contribution >= 0.6 is 0 Å². The summed E-state index contributed by atoms with van der Waals surface area (Å²) in [6.45, 7) is 4.87. The maximum absolute atomic E-state index is 5.20. The molecule has 90 valence electrons. The largest absolute Gasteiger partial charge is 0.504 e. The lowest BCUT2D eigenvalue weighted by Gasteiger charge is -2.50. The summed E-state index contributed by atoms with van der Waals surface area (Å²) in [6.07, 6.45) is 14.5. The van der Waals surface area contributed by atoms with E-state index in [-0.39, 0.29) is 0 Å². The summed E-state index contributed by atoms with van der Waals surface area (Å²) in [4.78, 5) is 0. The van der Waals surface area contributed by atoms with E-state index in [1.165, 1.54) is 44.1 Å². The van der Waals surface area contributed by atoms with E-state index in [1.54, 1.807) is 7.11 Å². The average Bonchev–Trinajstić information content (AvgIpc) is 2.24. The molecule has 1 heteroatoms. The normalized spacial score (nSPS) is 35.6. The molecule has 1 atom stereocenters. The SMILES string of the molecule is CO/C=C1/CCCC2(C=CCCC2(C)C)C1. The Balaban J connectivity index is 2.26. The molecule has 0 radical (unpaired) electrons. The van der Waals surface area contributed by atoms with Crippen molar-refractivity contribution >= 4 is 0 Å². The molecule has 0 N–H and O–H groups in total. The summed E-state index contributed by atoms with van der Waals surface area (Å²) in [6, 6.07) is 0. The zero-order chi connectivity index (χ0) is 11.6. The summed E-state index contributed by atoms with van der Waals surface area (Å²) in [5, 5.41) is 0. The van der Waals surface area contributed by atoms with Gasteiger partial charge in [-0.05, 0) is 54.9 Å². The molecule has 2 aliphatic carbocycles. The van der Waals surface area contributed by atoms with Crippen LogP contribution in [0.4, 0.5) is 0 Å². The van der Waals surface area contributed by atoms with Crippen molar-refractivity contribution in [2.75, 3.05) is 7.11 Å². The van der Waals surface area contributed by atoms with Crippen LogP contribution < -0.4 is 0 Å². The van der Waals surface area contributed by atoms with Crippen LogP contribution in [0.3, 0.4) is 0 Å². The molecule has 1 fully saturated rings. The van der Waals surface area contributed by atoms with Crippen molar-refractivity contribution in [2.45, 2.75) is 52.4 Å². The molecule has 2 rings (SSSR count). The minimum atomic E-state index is 0.397. The van der Waals surface area contributed by atoms with E-state index in [4.69, 9.17) is 4.74 Å². The maximum atomic E-state index is 5.20. The molecule has 0 aromatic heterocycles. The number of hydrogen-bond acceptors (Lipinski definition) is 1. The Bertz CT molecular complexity index is 311. The van der Waals surface area contributed by atoms with Crippen LogP contribution in [0.15, 0.2) is 24.0 Å². The molecule has 1 spiro atoms. The fourth-order valence-corrected chi connectivity index (χ4v) is 3.43. The molecule has 0 heterocycles. The highest BCUT2D eigenvalue weighted by Gasteiger charge is 2.45. The first kappa shape index (κ1) is 11.8. The van der Waals surface area contributed by atoms with Crippen molar-refractivity contribution in [1.82, 2.24) is 0 Å². The molecule has 2 aliphatic rings. The zero-order valence-corrected chi connectivity index (χ0v) is 10.9. The summed E-state index contributed by atoms with van der Waals surface area (Å²) < 4.78 is 5.20. The fraction of sp³-hybridized carbons (Fsp3) is 0.733. The minimum absolute atomic E-state index is 0.397. The first-order chi connectivity index (χ1) is 7.60. The number of hydrogen-bond donors (Lipinski definition) is 0. The van der Waals surface area contributed by atoms with E-state index < -0.39 is 0 Å². The molecule has 1 saturated carbocycles. The predicted molar refractivity (Wildman–Crippen MR) is 68.1 cm³/mol. The van der Waals surface area contributed by atoms with Gasteiger partial charge >= 0.3 is 0 Å². The Morgan fingerprint density at radius 1 is 1.31 bits per heavy atom. The zero-order valence-electron chi connectivity index (χ0n) is 10.9. The third kappa shape index (κ3) is 1.92. The van der Waals surface area contributed by atoms with Gasteiger partial charge in [-0.25, -0.2) is 0 Å². The van der Waals surface area contributed by atoms with Gasteiger partial charge in [-0.3, -0.25) is 0 Å². The van der Waals surface area contributed by atoms with Crippen LogP contribution in [0.25, 0.3) is 0 Å². The Hall–Kier alpha value is -0.720. The Kier molecular flexibility index (Phi) is 3.14. The van der Waals surface area contributed by atoms with Crippen LogP contribution in [0.2, 0.25) is 0 Å². The highest BCUT2D eigenvalue weighted by atomic mass is 16.5. The standard InChI is InChI=1S/C15H24O/c1-14(2)8-4-5-9-15(14)10-6-7-13(11-15)12-16-3/h5,9,12H,4,6-8,10-11H2,1-3H3/b13-12-. The van der Waals surface area contributed by atoms with Gasteiger partial charge in [0.2, 0.25) is 0 Å². The van der Waals surface area contributed by atoms with E-state index in [0.29, 0.717) is 10.8 Å². The average molecular weight is 220 g/mol. The van der Waals surface area contributed by atoms with Crippen molar-refractivity contribution in [2.24, 2.45) is 10.8 Å². The number of methoxy groups -OCH3 is 1. The maximum Gasteiger partial charge on any atom is 0.0816 e. The Labute approximate surface area is 99.6 Å². The third-order valence-electron chi connectivity index (χ3n) is 4.67. The highest BCUT2D eigenvalue weighted by molar-refractivity contribution is 5.19. The van der Waals surface area contributed by atoms with E-state index in [1.807, 2.05) is 6.26 Å². The molecule has 1 unspecified atom stereocenters. The first-order valence-corrected chi connectivity index (χ1v) is 6.48.